The third-order valence-corrected chi connectivity index (χ3v) is 6.62. The first-order valence-corrected chi connectivity index (χ1v) is 11.5. The zero-order valence-electron chi connectivity index (χ0n) is 19.1. The van der Waals surface area contributed by atoms with Crippen molar-refractivity contribution in [3.63, 3.8) is 0 Å². The van der Waals surface area contributed by atoms with E-state index in [-0.39, 0.29) is 24.3 Å². The molecule has 2 aliphatic rings. The second kappa shape index (κ2) is 10.1. The Morgan fingerprint density at radius 1 is 1.06 bits per heavy atom. The molecular formula is C26H31N3O4. The number of hydrogen-bond donors (Lipinski definition) is 1. The number of nitrogens with zero attached hydrogens (tertiary/aromatic N) is 2. The molecule has 0 bridgehead atoms. The van der Waals surface area contributed by atoms with Gasteiger partial charge in [0.25, 0.3) is 0 Å². The van der Waals surface area contributed by atoms with E-state index in [9.17, 15) is 14.4 Å². The van der Waals surface area contributed by atoms with Crippen LogP contribution in [0.2, 0.25) is 0 Å². The lowest BCUT2D eigenvalue weighted by Crippen LogP contribution is -2.52. The van der Waals surface area contributed by atoms with Crippen LogP contribution >= 0.6 is 0 Å². The fourth-order valence-corrected chi connectivity index (χ4v) is 4.75. The van der Waals surface area contributed by atoms with Gasteiger partial charge in [-0.1, -0.05) is 42.5 Å². The van der Waals surface area contributed by atoms with Crippen LogP contribution in [0.5, 0.6) is 5.75 Å². The van der Waals surface area contributed by atoms with Gasteiger partial charge in [-0.25, -0.2) is 0 Å². The Morgan fingerprint density at radius 3 is 2.55 bits per heavy atom. The molecule has 7 nitrogen and oxygen atoms in total. The molecule has 2 aromatic rings. The average Bonchev–Trinajstić information content (AvgIpc) is 3.20. The van der Waals surface area contributed by atoms with Crippen LogP contribution in [0.15, 0.2) is 54.6 Å². The molecule has 3 amide bonds. The first-order valence-electron chi connectivity index (χ1n) is 11.5. The highest BCUT2D eigenvalue weighted by atomic mass is 16.5. The Kier molecular flexibility index (Phi) is 6.96. The highest BCUT2D eigenvalue weighted by Gasteiger charge is 2.38. The van der Waals surface area contributed by atoms with Crippen LogP contribution in [0.25, 0.3) is 0 Å². The van der Waals surface area contributed by atoms with E-state index in [2.05, 4.69) is 5.32 Å². The maximum atomic E-state index is 13.0. The summed E-state index contributed by atoms with van der Waals surface area (Å²) in [6.45, 7) is 1.63. The summed E-state index contributed by atoms with van der Waals surface area (Å²) in [6, 6.07) is 17.7. The van der Waals surface area contributed by atoms with Crippen LogP contribution in [0.3, 0.4) is 0 Å². The molecule has 2 aromatic carbocycles. The fraction of sp³-hybridized carbons (Fsp3) is 0.423. The monoisotopic (exact) mass is 449 g/mol. The molecule has 2 saturated heterocycles. The van der Waals surface area contributed by atoms with E-state index in [0.29, 0.717) is 45.3 Å². The molecule has 0 aliphatic carbocycles. The lowest BCUT2D eigenvalue weighted by molar-refractivity contribution is -0.145. The first-order chi connectivity index (χ1) is 16.0. The zero-order valence-corrected chi connectivity index (χ0v) is 19.1. The number of amides is 3. The van der Waals surface area contributed by atoms with Gasteiger partial charge >= 0.3 is 0 Å². The maximum absolute atomic E-state index is 13.0. The van der Waals surface area contributed by atoms with Crippen LogP contribution in [-0.2, 0) is 27.3 Å². The van der Waals surface area contributed by atoms with Crippen molar-refractivity contribution in [1.29, 1.82) is 0 Å². The molecule has 1 unspecified atom stereocenters. The second-order valence-electron chi connectivity index (χ2n) is 8.97. The van der Waals surface area contributed by atoms with Gasteiger partial charge in [-0.2, -0.15) is 0 Å². The molecule has 4 rings (SSSR count). The minimum Gasteiger partial charge on any atom is -0.497 e. The van der Waals surface area contributed by atoms with Gasteiger partial charge in [0.05, 0.1) is 13.7 Å². The van der Waals surface area contributed by atoms with Crippen LogP contribution in [-0.4, -0.2) is 59.8 Å². The van der Waals surface area contributed by atoms with Gasteiger partial charge in [-0.15, -0.1) is 0 Å². The molecule has 0 saturated carbocycles. The quantitative estimate of drug-likeness (QED) is 0.672. The molecule has 33 heavy (non-hydrogen) atoms. The standard InChI is InChI=1S/C26H31N3O4/c1-33-22-9-5-8-21(16-22)18-28-14-15-29(19-25(28)32)24(31)11-13-26(12-10-23(30)27-26)17-20-6-3-2-4-7-20/h2-9,16H,10-15,17-19H2,1H3,(H,27,30). The molecule has 174 valence electrons. The van der Waals surface area contributed by atoms with Gasteiger partial charge in [0.15, 0.2) is 0 Å². The van der Waals surface area contributed by atoms with Crippen molar-refractivity contribution in [2.45, 2.75) is 44.2 Å². The summed E-state index contributed by atoms with van der Waals surface area (Å²) >= 11 is 0. The minimum absolute atomic E-state index is 0.0297. The van der Waals surface area contributed by atoms with Crippen LogP contribution in [0, 0.1) is 0 Å². The lowest BCUT2D eigenvalue weighted by atomic mass is 9.85. The molecule has 7 heteroatoms. The molecule has 1 atom stereocenters. The number of rotatable bonds is 8. The predicted octanol–water partition coefficient (Wildman–Crippen LogP) is 2.54. The van der Waals surface area contributed by atoms with E-state index >= 15 is 0 Å². The van der Waals surface area contributed by atoms with Crippen molar-refractivity contribution in [2.75, 3.05) is 26.7 Å². The topological polar surface area (TPSA) is 79.0 Å². The van der Waals surface area contributed by atoms with Crippen molar-refractivity contribution in [3.8, 4) is 5.75 Å². The van der Waals surface area contributed by atoms with Crippen LogP contribution in [0.1, 0.15) is 36.8 Å². The van der Waals surface area contributed by atoms with Gasteiger partial charge in [0.2, 0.25) is 17.7 Å². The molecule has 0 spiro atoms. The first kappa shape index (κ1) is 22.8. The molecule has 2 aliphatic heterocycles. The molecular weight excluding hydrogens is 418 g/mol. The Morgan fingerprint density at radius 2 is 1.85 bits per heavy atom. The Balaban J connectivity index is 1.32. The van der Waals surface area contributed by atoms with Crippen molar-refractivity contribution in [2.24, 2.45) is 0 Å². The smallest absolute Gasteiger partial charge is 0.242 e. The van der Waals surface area contributed by atoms with E-state index in [1.165, 1.54) is 0 Å². The summed E-state index contributed by atoms with van der Waals surface area (Å²) in [7, 11) is 1.62. The number of nitrogens with one attached hydrogen (secondary N) is 1. The van der Waals surface area contributed by atoms with Crippen molar-refractivity contribution in [1.82, 2.24) is 15.1 Å². The number of methoxy groups -OCH3 is 1. The van der Waals surface area contributed by atoms with Gasteiger partial charge in [-0.3, -0.25) is 14.4 Å². The molecule has 2 fully saturated rings. The van der Waals surface area contributed by atoms with Gasteiger partial charge in [-0.05, 0) is 42.5 Å². The highest BCUT2D eigenvalue weighted by molar-refractivity contribution is 5.86. The van der Waals surface area contributed by atoms with E-state index in [0.717, 1.165) is 23.3 Å². The zero-order chi connectivity index (χ0) is 23.3. The number of benzene rings is 2. The normalized spacial score (nSPS) is 20.6. The molecule has 1 N–H and O–H groups in total. The number of carbonyl (C=O) groups excluding carboxylic acids is 3. The second-order valence-corrected chi connectivity index (χ2v) is 8.97. The Labute approximate surface area is 194 Å². The van der Waals surface area contributed by atoms with Crippen molar-refractivity contribution in [3.05, 3.63) is 65.7 Å². The average molecular weight is 450 g/mol. The third kappa shape index (κ3) is 5.72. The lowest BCUT2D eigenvalue weighted by Gasteiger charge is -2.35. The third-order valence-electron chi connectivity index (χ3n) is 6.62. The number of carbonyl (C=O) groups is 3. The van der Waals surface area contributed by atoms with E-state index in [1.807, 2.05) is 54.6 Å². The van der Waals surface area contributed by atoms with Gasteiger partial charge in [0.1, 0.15) is 5.75 Å². The van der Waals surface area contributed by atoms with Crippen molar-refractivity contribution >= 4 is 17.7 Å². The number of piperazine rings is 1. The van der Waals surface area contributed by atoms with Crippen molar-refractivity contribution < 1.29 is 19.1 Å². The SMILES string of the molecule is COc1cccc(CN2CCN(C(=O)CCC3(Cc4ccccc4)CCC(=O)N3)CC2=O)c1. The summed E-state index contributed by atoms with van der Waals surface area (Å²) < 4.78 is 5.26. The van der Waals surface area contributed by atoms with Gasteiger partial charge < -0.3 is 19.9 Å². The highest BCUT2D eigenvalue weighted by Crippen LogP contribution is 2.30. The number of ether oxygens (including phenoxy) is 1. The summed E-state index contributed by atoms with van der Waals surface area (Å²) in [5.74, 6) is 0.723. The minimum atomic E-state index is -0.397. The van der Waals surface area contributed by atoms with E-state index in [4.69, 9.17) is 4.74 Å². The molecule has 2 heterocycles. The largest absolute Gasteiger partial charge is 0.497 e. The van der Waals surface area contributed by atoms with Gasteiger partial charge in [0, 0.05) is 38.0 Å². The summed E-state index contributed by atoms with van der Waals surface area (Å²) in [4.78, 5) is 41.1. The Hall–Kier alpha value is -3.35. The molecule has 0 aromatic heterocycles. The summed E-state index contributed by atoms with van der Waals surface area (Å²) in [5, 5.41) is 3.13. The van der Waals surface area contributed by atoms with Crippen LogP contribution < -0.4 is 10.1 Å². The summed E-state index contributed by atoms with van der Waals surface area (Å²) in [5.41, 5.74) is 1.75. The predicted molar refractivity (Wildman–Crippen MR) is 124 cm³/mol. The van der Waals surface area contributed by atoms with E-state index in [1.54, 1.807) is 16.9 Å². The fourth-order valence-electron chi connectivity index (χ4n) is 4.75. The summed E-state index contributed by atoms with van der Waals surface area (Å²) in [6.07, 6.45) is 2.81. The van der Waals surface area contributed by atoms with E-state index < -0.39 is 5.54 Å². The maximum Gasteiger partial charge on any atom is 0.242 e. The molecule has 0 radical (unpaired) electrons. The van der Waals surface area contributed by atoms with Crippen LogP contribution in [0.4, 0.5) is 0 Å². The number of hydrogen-bond acceptors (Lipinski definition) is 4. The Bertz CT molecular complexity index is 1010.